The highest BCUT2D eigenvalue weighted by Crippen LogP contribution is 2.23. The van der Waals surface area contributed by atoms with Crippen molar-refractivity contribution in [2.24, 2.45) is 0 Å². The summed E-state index contributed by atoms with van der Waals surface area (Å²) in [5, 5.41) is 9.79. The second-order valence-corrected chi connectivity index (χ2v) is 5.74. The SMILES string of the molecule is C=C(C)C(=O)OCC(O)Cc1ccc(Br)cc1Br. The predicted octanol–water partition coefficient (Wildman–Crippen LogP) is 3.23. The van der Waals surface area contributed by atoms with Gasteiger partial charge in [0.25, 0.3) is 0 Å². The van der Waals surface area contributed by atoms with Gasteiger partial charge in [-0.2, -0.15) is 0 Å². The zero-order chi connectivity index (χ0) is 13.7. The molecule has 1 atom stereocenters. The number of hydrogen-bond donors (Lipinski definition) is 1. The van der Waals surface area contributed by atoms with Crippen molar-refractivity contribution >= 4 is 37.8 Å². The molecule has 0 heterocycles. The maximum absolute atomic E-state index is 11.2. The van der Waals surface area contributed by atoms with E-state index in [0.29, 0.717) is 12.0 Å². The van der Waals surface area contributed by atoms with Crippen LogP contribution in [0.5, 0.6) is 0 Å². The molecule has 1 rings (SSSR count). The van der Waals surface area contributed by atoms with Gasteiger partial charge in [0.05, 0.1) is 6.10 Å². The Balaban J connectivity index is 2.52. The van der Waals surface area contributed by atoms with E-state index in [1.165, 1.54) is 0 Å². The van der Waals surface area contributed by atoms with Crippen molar-refractivity contribution in [2.75, 3.05) is 6.61 Å². The molecular weight excluding hydrogens is 364 g/mol. The lowest BCUT2D eigenvalue weighted by Crippen LogP contribution is -2.21. The Labute approximate surface area is 123 Å². The molecule has 0 aliphatic heterocycles. The second kappa shape index (κ2) is 7.07. The Morgan fingerprint density at radius 3 is 2.72 bits per heavy atom. The Bertz CT molecular complexity index is 458. The minimum atomic E-state index is -0.731. The molecule has 3 nitrogen and oxygen atoms in total. The normalized spacial score (nSPS) is 12.0. The first-order chi connectivity index (χ1) is 8.40. The van der Waals surface area contributed by atoms with Crippen molar-refractivity contribution in [2.45, 2.75) is 19.4 Å². The maximum atomic E-state index is 11.2. The summed E-state index contributed by atoms with van der Waals surface area (Å²) in [7, 11) is 0. The molecule has 18 heavy (non-hydrogen) atoms. The summed E-state index contributed by atoms with van der Waals surface area (Å²) < 4.78 is 6.75. The van der Waals surface area contributed by atoms with Gasteiger partial charge in [0.15, 0.2) is 0 Å². The Hall–Kier alpha value is -0.650. The van der Waals surface area contributed by atoms with Crippen molar-refractivity contribution in [3.8, 4) is 0 Å². The molecule has 0 aromatic heterocycles. The molecule has 1 N–H and O–H groups in total. The zero-order valence-corrected chi connectivity index (χ0v) is 13.1. The van der Waals surface area contributed by atoms with E-state index >= 15 is 0 Å². The average Bonchev–Trinajstić information content (AvgIpc) is 2.29. The number of esters is 1. The Morgan fingerprint density at radius 1 is 1.50 bits per heavy atom. The molecule has 0 saturated heterocycles. The summed E-state index contributed by atoms with van der Waals surface area (Å²) in [5.41, 5.74) is 1.28. The lowest BCUT2D eigenvalue weighted by atomic mass is 10.1. The van der Waals surface area contributed by atoms with Crippen molar-refractivity contribution in [1.29, 1.82) is 0 Å². The molecule has 0 aliphatic rings. The number of ether oxygens (including phenoxy) is 1. The predicted molar refractivity (Wildman–Crippen MR) is 77.3 cm³/mol. The van der Waals surface area contributed by atoms with Crippen LogP contribution >= 0.6 is 31.9 Å². The van der Waals surface area contributed by atoms with E-state index in [2.05, 4.69) is 38.4 Å². The van der Waals surface area contributed by atoms with Crippen LogP contribution in [-0.2, 0) is 16.0 Å². The summed E-state index contributed by atoms with van der Waals surface area (Å²) in [6.07, 6.45) is -0.317. The third-order valence-electron chi connectivity index (χ3n) is 2.23. The Kier molecular flexibility index (Phi) is 6.05. The fourth-order valence-corrected chi connectivity index (χ4v) is 2.50. The minimum Gasteiger partial charge on any atom is -0.460 e. The molecule has 0 saturated carbocycles. The number of hydrogen-bond acceptors (Lipinski definition) is 3. The fraction of sp³-hybridized carbons (Fsp3) is 0.308. The van der Waals surface area contributed by atoms with Crippen LogP contribution in [0.3, 0.4) is 0 Å². The fourth-order valence-electron chi connectivity index (χ4n) is 1.30. The largest absolute Gasteiger partial charge is 0.460 e. The highest BCUT2D eigenvalue weighted by molar-refractivity contribution is 9.11. The molecular formula is C13H14Br2O3. The van der Waals surface area contributed by atoms with E-state index in [9.17, 15) is 9.90 Å². The highest BCUT2D eigenvalue weighted by Gasteiger charge is 2.12. The van der Waals surface area contributed by atoms with Gasteiger partial charge in [-0.25, -0.2) is 4.79 Å². The van der Waals surface area contributed by atoms with Gasteiger partial charge >= 0.3 is 5.97 Å². The number of benzene rings is 1. The monoisotopic (exact) mass is 376 g/mol. The average molecular weight is 378 g/mol. The van der Waals surface area contributed by atoms with Crippen LogP contribution in [0.2, 0.25) is 0 Å². The third-order valence-corrected chi connectivity index (χ3v) is 3.46. The van der Waals surface area contributed by atoms with Gasteiger partial charge < -0.3 is 9.84 Å². The first-order valence-corrected chi connectivity index (χ1v) is 6.93. The van der Waals surface area contributed by atoms with Crippen molar-refractivity contribution in [3.05, 3.63) is 44.9 Å². The quantitative estimate of drug-likeness (QED) is 0.632. The van der Waals surface area contributed by atoms with Gasteiger partial charge in [-0.15, -0.1) is 0 Å². The van der Waals surface area contributed by atoms with E-state index in [-0.39, 0.29) is 6.61 Å². The van der Waals surface area contributed by atoms with Gasteiger partial charge in [0, 0.05) is 20.9 Å². The molecule has 0 bridgehead atoms. The first-order valence-electron chi connectivity index (χ1n) is 5.34. The summed E-state index contributed by atoms with van der Waals surface area (Å²) in [6, 6.07) is 5.70. The van der Waals surface area contributed by atoms with E-state index in [1.54, 1.807) is 6.92 Å². The molecule has 0 radical (unpaired) electrons. The van der Waals surface area contributed by atoms with Gasteiger partial charge in [0.2, 0.25) is 0 Å². The van der Waals surface area contributed by atoms with Crippen LogP contribution in [0.1, 0.15) is 12.5 Å². The second-order valence-electron chi connectivity index (χ2n) is 3.97. The van der Waals surface area contributed by atoms with Gasteiger partial charge in [-0.1, -0.05) is 44.5 Å². The molecule has 0 aliphatic carbocycles. The van der Waals surface area contributed by atoms with Crippen LogP contribution in [0, 0.1) is 0 Å². The maximum Gasteiger partial charge on any atom is 0.333 e. The zero-order valence-electron chi connectivity index (χ0n) is 9.95. The number of rotatable bonds is 5. The van der Waals surface area contributed by atoms with Gasteiger partial charge in [-0.3, -0.25) is 0 Å². The van der Waals surface area contributed by atoms with Crippen LogP contribution in [0.15, 0.2) is 39.3 Å². The number of carbonyl (C=O) groups excluding carboxylic acids is 1. The highest BCUT2D eigenvalue weighted by atomic mass is 79.9. The molecule has 1 unspecified atom stereocenters. The standard InChI is InChI=1S/C13H14Br2O3/c1-8(2)13(17)18-7-11(16)5-9-3-4-10(14)6-12(9)15/h3-4,6,11,16H,1,5,7H2,2H3. The molecule has 0 amide bonds. The molecule has 1 aromatic carbocycles. The lowest BCUT2D eigenvalue weighted by molar-refractivity contribution is -0.141. The Morgan fingerprint density at radius 2 is 2.17 bits per heavy atom. The van der Waals surface area contributed by atoms with E-state index in [1.807, 2.05) is 18.2 Å². The molecule has 0 spiro atoms. The van der Waals surface area contributed by atoms with Gasteiger partial charge in [0.1, 0.15) is 6.61 Å². The van der Waals surface area contributed by atoms with E-state index in [4.69, 9.17) is 4.74 Å². The molecule has 0 fully saturated rings. The lowest BCUT2D eigenvalue weighted by Gasteiger charge is -2.12. The number of aliphatic hydroxyl groups excluding tert-OH is 1. The van der Waals surface area contributed by atoms with Crippen molar-refractivity contribution in [1.82, 2.24) is 0 Å². The minimum absolute atomic E-state index is 0.0335. The first kappa shape index (κ1) is 15.4. The van der Waals surface area contributed by atoms with Crippen LogP contribution in [0.4, 0.5) is 0 Å². The molecule has 1 aromatic rings. The number of aliphatic hydroxyl groups is 1. The van der Waals surface area contributed by atoms with Crippen LogP contribution < -0.4 is 0 Å². The molecule has 98 valence electrons. The van der Waals surface area contributed by atoms with Crippen LogP contribution in [-0.4, -0.2) is 23.8 Å². The summed E-state index contributed by atoms with van der Waals surface area (Å²) in [6.45, 7) is 5.01. The number of carbonyl (C=O) groups is 1. The number of halogens is 2. The topological polar surface area (TPSA) is 46.5 Å². The third kappa shape index (κ3) is 4.92. The van der Waals surface area contributed by atoms with E-state index in [0.717, 1.165) is 14.5 Å². The summed E-state index contributed by atoms with van der Waals surface area (Å²) in [5.74, 6) is -0.482. The smallest absolute Gasteiger partial charge is 0.333 e. The van der Waals surface area contributed by atoms with Crippen molar-refractivity contribution in [3.63, 3.8) is 0 Å². The summed E-state index contributed by atoms with van der Waals surface area (Å²) >= 11 is 6.77. The molecule has 5 heteroatoms. The van der Waals surface area contributed by atoms with Crippen molar-refractivity contribution < 1.29 is 14.6 Å². The van der Waals surface area contributed by atoms with Gasteiger partial charge in [-0.05, 0) is 24.6 Å². The summed E-state index contributed by atoms with van der Waals surface area (Å²) in [4.78, 5) is 11.2. The van der Waals surface area contributed by atoms with E-state index < -0.39 is 12.1 Å². The van der Waals surface area contributed by atoms with Crippen LogP contribution in [0.25, 0.3) is 0 Å².